The number of rotatable bonds is 7. The number of aromatic amines is 1. The Hall–Kier alpha value is -1.45. The van der Waals surface area contributed by atoms with Gasteiger partial charge in [-0.25, -0.2) is 13.4 Å². The van der Waals surface area contributed by atoms with Gasteiger partial charge in [-0.05, 0) is 12.8 Å². The average Bonchev–Trinajstić information content (AvgIpc) is 3.15. The summed E-state index contributed by atoms with van der Waals surface area (Å²) in [4.78, 5) is 17.6. The predicted molar refractivity (Wildman–Crippen MR) is 73.0 cm³/mol. The molecule has 8 nitrogen and oxygen atoms in total. The molecule has 1 atom stereocenters. The number of carbonyl (C=O) groups excluding carboxylic acids is 1. The molecule has 21 heavy (non-hydrogen) atoms. The second-order valence-corrected chi connectivity index (χ2v) is 6.65. The predicted octanol–water partition coefficient (Wildman–Crippen LogP) is 0.143. The lowest BCUT2D eigenvalue weighted by Gasteiger charge is -2.23. The summed E-state index contributed by atoms with van der Waals surface area (Å²) in [6, 6.07) is 0. The molecule has 1 aromatic heterocycles. The molecule has 0 radical (unpaired) electrons. The van der Waals surface area contributed by atoms with Gasteiger partial charge < -0.3 is 14.5 Å². The van der Waals surface area contributed by atoms with Crippen molar-refractivity contribution in [2.75, 3.05) is 26.8 Å². The van der Waals surface area contributed by atoms with Crippen molar-refractivity contribution in [3.05, 3.63) is 12.5 Å². The molecule has 1 aliphatic rings. The molecular formula is C12H19N3O5S. The Labute approximate surface area is 123 Å². The standard InChI is InChI=1S/C12H19N3O5S/c1-19-12(16)4-5-15(8-10-3-2-6-20-10)21(17,18)11-7-13-9-14-11/h7,9-10H,2-6,8H2,1H3,(H,13,14). The van der Waals surface area contributed by atoms with Gasteiger partial charge in [0.1, 0.15) is 0 Å². The highest BCUT2D eigenvalue weighted by Crippen LogP contribution is 2.19. The Balaban J connectivity index is 2.11. The SMILES string of the molecule is COC(=O)CCN(CC1CCCO1)S(=O)(=O)c1cnc[nH]1. The summed E-state index contributed by atoms with van der Waals surface area (Å²) in [6.07, 6.45) is 4.14. The first-order valence-electron chi connectivity index (χ1n) is 6.71. The summed E-state index contributed by atoms with van der Waals surface area (Å²) in [5.74, 6) is -0.452. The number of ether oxygens (including phenoxy) is 2. The molecule has 1 unspecified atom stereocenters. The summed E-state index contributed by atoms with van der Waals surface area (Å²) in [5, 5.41) is 0.00497. The first kappa shape index (κ1) is 15.9. The third-order valence-corrected chi connectivity index (χ3v) is 5.11. The van der Waals surface area contributed by atoms with Crippen LogP contribution in [-0.2, 0) is 24.3 Å². The summed E-state index contributed by atoms with van der Waals surface area (Å²) < 4.78 is 36.3. The summed E-state index contributed by atoms with van der Waals surface area (Å²) >= 11 is 0. The lowest BCUT2D eigenvalue weighted by molar-refractivity contribution is -0.140. The molecule has 1 N–H and O–H groups in total. The highest BCUT2D eigenvalue weighted by atomic mass is 32.2. The zero-order chi connectivity index (χ0) is 15.3. The van der Waals surface area contributed by atoms with Gasteiger partial charge in [-0.1, -0.05) is 0 Å². The van der Waals surface area contributed by atoms with E-state index in [1.54, 1.807) is 0 Å². The van der Waals surface area contributed by atoms with Crippen molar-refractivity contribution < 1.29 is 22.7 Å². The summed E-state index contributed by atoms with van der Waals surface area (Å²) in [6.45, 7) is 0.909. The van der Waals surface area contributed by atoms with Crippen LogP contribution in [0, 0.1) is 0 Å². The Morgan fingerprint density at radius 1 is 1.62 bits per heavy atom. The molecule has 0 aromatic carbocycles. The molecule has 0 bridgehead atoms. The molecule has 1 saturated heterocycles. The van der Waals surface area contributed by atoms with Crippen molar-refractivity contribution >= 4 is 16.0 Å². The summed E-state index contributed by atoms with van der Waals surface area (Å²) in [7, 11) is -2.45. The maximum atomic E-state index is 12.5. The highest BCUT2D eigenvalue weighted by Gasteiger charge is 2.30. The summed E-state index contributed by atoms with van der Waals surface area (Å²) in [5.41, 5.74) is 0. The number of hydrogen-bond acceptors (Lipinski definition) is 6. The Morgan fingerprint density at radius 2 is 2.43 bits per heavy atom. The minimum absolute atomic E-state index is 0.00339. The van der Waals surface area contributed by atoms with Crippen LogP contribution in [0.1, 0.15) is 19.3 Å². The van der Waals surface area contributed by atoms with Crippen molar-refractivity contribution in [2.45, 2.75) is 30.4 Å². The number of imidazole rings is 1. The molecule has 0 saturated carbocycles. The molecular weight excluding hydrogens is 298 g/mol. The molecule has 1 aliphatic heterocycles. The number of nitrogens with zero attached hydrogens (tertiary/aromatic N) is 2. The van der Waals surface area contributed by atoms with Crippen molar-refractivity contribution in [3.8, 4) is 0 Å². The molecule has 9 heteroatoms. The largest absolute Gasteiger partial charge is 0.469 e. The van der Waals surface area contributed by atoms with E-state index in [4.69, 9.17) is 4.74 Å². The van der Waals surface area contributed by atoms with E-state index in [9.17, 15) is 13.2 Å². The second-order valence-electron chi connectivity index (χ2n) is 4.74. The van der Waals surface area contributed by atoms with Crippen LogP contribution in [0.25, 0.3) is 0 Å². The van der Waals surface area contributed by atoms with Gasteiger partial charge in [0.25, 0.3) is 10.0 Å². The molecule has 1 fully saturated rings. The number of nitrogens with one attached hydrogen (secondary N) is 1. The molecule has 118 valence electrons. The number of sulfonamides is 1. The van der Waals surface area contributed by atoms with E-state index in [0.29, 0.717) is 6.61 Å². The van der Waals surface area contributed by atoms with Crippen molar-refractivity contribution in [3.63, 3.8) is 0 Å². The fourth-order valence-corrected chi connectivity index (χ4v) is 3.53. The number of hydrogen-bond donors (Lipinski definition) is 1. The lowest BCUT2D eigenvalue weighted by atomic mass is 10.2. The molecule has 0 spiro atoms. The van der Waals surface area contributed by atoms with Crippen molar-refractivity contribution in [1.82, 2.24) is 14.3 Å². The van der Waals surface area contributed by atoms with E-state index < -0.39 is 16.0 Å². The first-order valence-corrected chi connectivity index (χ1v) is 8.15. The molecule has 0 amide bonds. The van der Waals surface area contributed by atoms with E-state index in [2.05, 4.69) is 14.7 Å². The van der Waals surface area contributed by atoms with Gasteiger partial charge in [0.05, 0.1) is 32.2 Å². The van der Waals surface area contributed by atoms with E-state index >= 15 is 0 Å². The Kier molecular flexibility index (Phi) is 5.32. The van der Waals surface area contributed by atoms with Crippen molar-refractivity contribution in [1.29, 1.82) is 0 Å². The van der Waals surface area contributed by atoms with Gasteiger partial charge in [0.15, 0.2) is 5.03 Å². The van der Waals surface area contributed by atoms with Crippen LogP contribution < -0.4 is 0 Å². The van der Waals surface area contributed by atoms with Gasteiger partial charge in [-0.2, -0.15) is 4.31 Å². The van der Waals surface area contributed by atoms with Gasteiger partial charge >= 0.3 is 5.97 Å². The topological polar surface area (TPSA) is 102 Å². The number of H-pyrrole nitrogens is 1. The monoisotopic (exact) mass is 317 g/mol. The first-order chi connectivity index (χ1) is 10.0. The van der Waals surface area contributed by atoms with E-state index in [1.807, 2.05) is 0 Å². The Bertz CT molecular complexity index is 551. The quantitative estimate of drug-likeness (QED) is 0.718. The maximum absolute atomic E-state index is 12.5. The number of aromatic nitrogens is 2. The lowest BCUT2D eigenvalue weighted by Crippen LogP contribution is -2.39. The highest BCUT2D eigenvalue weighted by molar-refractivity contribution is 7.89. The van der Waals surface area contributed by atoms with Crippen LogP contribution >= 0.6 is 0 Å². The normalized spacial score (nSPS) is 19.0. The second kappa shape index (κ2) is 7.01. The van der Waals surface area contributed by atoms with Crippen LogP contribution in [0.4, 0.5) is 0 Å². The molecule has 1 aromatic rings. The maximum Gasteiger partial charge on any atom is 0.306 e. The third-order valence-electron chi connectivity index (χ3n) is 3.32. The smallest absolute Gasteiger partial charge is 0.306 e. The fraction of sp³-hybridized carbons (Fsp3) is 0.667. The number of methoxy groups -OCH3 is 1. The van der Waals surface area contributed by atoms with E-state index in [1.165, 1.54) is 23.9 Å². The fourth-order valence-electron chi connectivity index (χ4n) is 2.17. The van der Waals surface area contributed by atoms with Crippen LogP contribution in [0.15, 0.2) is 17.6 Å². The van der Waals surface area contributed by atoms with Crippen molar-refractivity contribution in [2.24, 2.45) is 0 Å². The van der Waals surface area contributed by atoms with E-state index in [0.717, 1.165) is 12.8 Å². The number of esters is 1. The van der Waals surface area contributed by atoms with E-state index in [-0.39, 0.29) is 30.6 Å². The zero-order valence-corrected chi connectivity index (χ0v) is 12.6. The molecule has 2 rings (SSSR count). The van der Waals surface area contributed by atoms with Crippen LogP contribution in [-0.4, -0.2) is 61.6 Å². The third kappa shape index (κ3) is 4.02. The van der Waals surface area contributed by atoms with Gasteiger partial charge in [0.2, 0.25) is 0 Å². The molecule has 0 aliphatic carbocycles. The molecule has 2 heterocycles. The van der Waals surface area contributed by atoms with Crippen LogP contribution in [0.2, 0.25) is 0 Å². The minimum atomic E-state index is -3.72. The average molecular weight is 317 g/mol. The number of carbonyl (C=O) groups is 1. The van der Waals surface area contributed by atoms with Gasteiger partial charge in [-0.15, -0.1) is 0 Å². The van der Waals surface area contributed by atoms with Gasteiger partial charge in [0, 0.05) is 19.7 Å². The Morgan fingerprint density at radius 3 is 3.00 bits per heavy atom. The zero-order valence-electron chi connectivity index (χ0n) is 11.8. The van der Waals surface area contributed by atoms with Crippen LogP contribution in [0.3, 0.4) is 0 Å². The van der Waals surface area contributed by atoms with Gasteiger partial charge in [-0.3, -0.25) is 4.79 Å². The van der Waals surface area contributed by atoms with Crippen LogP contribution in [0.5, 0.6) is 0 Å². The minimum Gasteiger partial charge on any atom is -0.469 e.